The number of aryl methyl sites for hydroxylation is 1. The van der Waals surface area contributed by atoms with E-state index in [-0.39, 0.29) is 0 Å². The first kappa shape index (κ1) is 13.2. The minimum absolute atomic E-state index is 0.343. The summed E-state index contributed by atoms with van der Waals surface area (Å²) < 4.78 is 2.23. The molecule has 1 saturated carbocycles. The molecule has 0 spiro atoms. The molecule has 2 fully saturated rings. The first-order valence-electron chi connectivity index (χ1n) is 8.11. The third-order valence-corrected chi connectivity index (χ3v) is 5.51. The minimum atomic E-state index is -0.650. The number of rotatable bonds is 3. The number of aliphatic carboxylic acids is 1. The highest BCUT2D eigenvalue weighted by Gasteiger charge is 2.65. The van der Waals surface area contributed by atoms with E-state index in [1.165, 1.54) is 19.3 Å². The van der Waals surface area contributed by atoms with Crippen molar-refractivity contribution >= 4 is 5.97 Å². The van der Waals surface area contributed by atoms with E-state index in [4.69, 9.17) is 0 Å². The van der Waals surface area contributed by atoms with Gasteiger partial charge < -0.3 is 9.67 Å². The smallest absolute Gasteiger partial charge is 0.324 e. The Balaban J connectivity index is 1.58. The molecule has 3 heterocycles. The maximum atomic E-state index is 11.7. The van der Waals surface area contributed by atoms with E-state index in [0.29, 0.717) is 12.5 Å². The van der Waals surface area contributed by atoms with Gasteiger partial charge >= 0.3 is 5.97 Å². The molecule has 2 aliphatic heterocycles. The molecule has 0 unspecified atom stereocenters. The highest BCUT2D eigenvalue weighted by molar-refractivity contribution is 5.83. The van der Waals surface area contributed by atoms with Gasteiger partial charge in [-0.15, -0.1) is 10.2 Å². The van der Waals surface area contributed by atoms with E-state index in [1.54, 1.807) is 0 Å². The number of hydrogen-bond acceptors (Lipinski definition) is 4. The Labute approximate surface area is 124 Å². The van der Waals surface area contributed by atoms with Crippen LogP contribution >= 0.6 is 0 Å². The summed E-state index contributed by atoms with van der Waals surface area (Å²) in [5.41, 5.74) is -0.602. The maximum Gasteiger partial charge on any atom is 0.324 e. The third kappa shape index (κ3) is 1.99. The minimum Gasteiger partial charge on any atom is -0.480 e. The third-order valence-electron chi connectivity index (χ3n) is 5.51. The van der Waals surface area contributed by atoms with Gasteiger partial charge in [-0.1, -0.05) is 6.42 Å². The number of carbonyl (C=O) groups is 1. The lowest BCUT2D eigenvalue weighted by molar-refractivity contribution is -0.147. The topological polar surface area (TPSA) is 71.2 Å². The number of likely N-dealkylation sites (tertiary alicyclic amines) is 1. The lowest BCUT2D eigenvalue weighted by atomic mass is 10.0. The van der Waals surface area contributed by atoms with E-state index >= 15 is 0 Å². The number of aromatic nitrogens is 3. The predicted molar refractivity (Wildman–Crippen MR) is 75.7 cm³/mol. The molecule has 1 aromatic rings. The van der Waals surface area contributed by atoms with Crippen molar-refractivity contribution in [3.8, 4) is 0 Å². The molecule has 0 aromatic carbocycles. The molecule has 6 nitrogen and oxygen atoms in total. The Bertz CT molecular complexity index is 570. The van der Waals surface area contributed by atoms with E-state index in [0.717, 1.165) is 50.4 Å². The van der Waals surface area contributed by atoms with Gasteiger partial charge in [0.25, 0.3) is 0 Å². The van der Waals surface area contributed by atoms with Gasteiger partial charge in [0.05, 0.1) is 6.54 Å². The molecule has 0 radical (unpaired) electrons. The Hall–Kier alpha value is -1.43. The zero-order valence-corrected chi connectivity index (χ0v) is 12.3. The summed E-state index contributed by atoms with van der Waals surface area (Å²) in [6.45, 7) is 2.48. The highest BCUT2D eigenvalue weighted by Crippen LogP contribution is 2.54. The van der Waals surface area contributed by atoms with Crippen LogP contribution < -0.4 is 0 Å². The standard InChI is InChI=1S/C15H22N4O2/c20-14(21)15-9-11(15)5-4-7-18(15)10-13-17-16-12-6-2-1-3-8-19(12)13/h11H,1-10H2,(H,20,21)/t11-,15+/m1/s1. The molecular weight excluding hydrogens is 268 g/mol. The summed E-state index contributed by atoms with van der Waals surface area (Å²) in [6.07, 6.45) is 7.56. The fourth-order valence-corrected chi connectivity index (χ4v) is 4.22. The summed E-state index contributed by atoms with van der Waals surface area (Å²) in [5.74, 6) is 1.73. The first-order chi connectivity index (χ1) is 10.2. The van der Waals surface area contributed by atoms with Crippen molar-refractivity contribution < 1.29 is 9.90 Å². The van der Waals surface area contributed by atoms with Crippen molar-refractivity contribution in [1.29, 1.82) is 0 Å². The molecule has 2 atom stereocenters. The molecule has 0 amide bonds. The molecular formula is C15H22N4O2. The monoisotopic (exact) mass is 290 g/mol. The summed E-state index contributed by atoms with van der Waals surface area (Å²) in [6, 6.07) is 0. The van der Waals surface area contributed by atoms with Crippen LogP contribution in [0.3, 0.4) is 0 Å². The summed E-state index contributed by atoms with van der Waals surface area (Å²) >= 11 is 0. The summed E-state index contributed by atoms with van der Waals surface area (Å²) in [5, 5.41) is 18.3. The number of carboxylic acids is 1. The zero-order valence-electron chi connectivity index (χ0n) is 12.3. The van der Waals surface area contributed by atoms with E-state index < -0.39 is 11.5 Å². The Morgan fingerprint density at radius 1 is 1.24 bits per heavy atom. The number of piperidine rings is 1. The van der Waals surface area contributed by atoms with Crippen LogP contribution in [-0.4, -0.2) is 42.8 Å². The van der Waals surface area contributed by atoms with Crippen molar-refractivity contribution in [1.82, 2.24) is 19.7 Å². The Morgan fingerprint density at radius 2 is 2.14 bits per heavy atom. The molecule has 0 bridgehead atoms. The lowest BCUT2D eigenvalue weighted by Crippen LogP contribution is -2.48. The van der Waals surface area contributed by atoms with Gasteiger partial charge in [-0.3, -0.25) is 9.69 Å². The van der Waals surface area contributed by atoms with Crippen molar-refractivity contribution in [3.05, 3.63) is 11.6 Å². The fourth-order valence-electron chi connectivity index (χ4n) is 4.22. The molecule has 1 N–H and O–H groups in total. The molecule has 6 heteroatoms. The summed E-state index contributed by atoms with van der Waals surface area (Å²) in [4.78, 5) is 13.9. The number of fused-ring (bicyclic) bond motifs is 2. The second kappa shape index (κ2) is 4.80. The number of nitrogens with zero attached hydrogens (tertiary/aromatic N) is 4. The van der Waals surface area contributed by atoms with Crippen LogP contribution in [0.1, 0.15) is 50.2 Å². The van der Waals surface area contributed by atoms with Gasteiger partial charge in [0, 0.05) is 13.0 Å². The van der Waals surface area contributed by atoms with Crippen molar-refractivity contribution in [2.24, 2.45) is 5.92 Å². The molecule has 4 rings (SSSR count). The van der Waals surface area contributed by atoms with E-state index in [1.807, 2.05) is 0 Å². The molecule has 1 aromatic heterocycles. The Kier molecular flexibility index (Phi) is 3.03. The molecule has 21 heavy (non-hydrogen) atoms. The SMILES string of the molecule is O=C(O)[C@]12C[C@H]1CCCN2Cc1nnc2n1CCCCC2. The second-order valence-corrected chi connectivity index (χ2v) is 6.69. The molecule has 114 valence electrons. The van der Waals surface area contributed by atoms with Crippen LogP contribution in [-0.2, 0) is 24.3 Å². The van der Waals surface area contributed by atoms with E-state index in [2.05, 4.69) is 19.7 Å². The van der Waals surface area contributed by atoms with Crippen LogP contribution in [0.15, 0.2) is 0 Å². The van der Waals surface area contributed by atoms with Crippen LogP contribution in [0.4, 0.5) is 0 Å². The van der Waals surface area contributed by atoms with Crippen LogP contribution in [0.2, 0.25) is 0 Å². The van der Waals surface area contributed by atoms with Gasteiger partial charge in [-0.25, -0.2) is 0 Å². The Morgan fingerprint density at radius 3 is 3.00 bits per heavy atom. The largest absolute Gasteiger partial charge is 0.480 e. The predicted octanol–water partition coefficient (Wildman–Crippen LogP) is 1.44. The first-order valence-corrected chi connectivity index (χ1v) is 8.11. The lowest BCUT2D eigenvalue weighted by Gasteiger charge is -2.33. The van der Waals surface area contributed by atoms with Gasteiger partial charge in [-0.2, -0.15) is 0 Å². The summed E-state index contributed by atoms with van der Waals surface area (Å²) in [7, 11) is 0. The quantitative estimate of drug-likeness (QED) is 0.912. The highest BCUT2D eigenvalue weighted by atomic mass is 16.4. The van der Waals surface area contributed by atoms with Gasteiger partial charge in [0.1, 0.15) is 17.2 Å². The van der Waals surface area contributed by atoms with Crippen LogP contribution in [0.5, 0.6) is 0 Å². The number of carboxylic acid groups (broad SMARTS) is 1. The molecule has 3 aliphatic rings. The number of hydrogen-bond donors (Lipinski definition) is 1. The van der Waals surface area contributed by atoms with Crippen LogP contribution in [0, 0.1) is 5.92 Å². The normalized spacial score (nSPS) is 32.1. The average Bonchev–Trinajstić information content (AvgIpc) is 3.18. The van der Waals surface area contributed by atoms with Crippen molar-refractivity contribution in [2.45, 2.75) is 63.6 Å². The average molecular weight is 290 g/mol. The van der Waals surface area contributed by atoms with Crippen molar-refractivity contribution in [2.75, 3.05) is 6.54 Å². The zero-order chi connectivity index (χ0) is 14.4. The maximum absolute atomic E-state index is 11.7. The van der Waals surface area contributed by atoms with Gasteiger partial charge in [0.2, 0.25) is 0 Å². The van der Waals surface area contributed by atoms with Crippen molar-refractivity contribution in [3.63, 3.8) is 0 Å². The van der Waals surface area contributed by atoms with Gasteiger partial charge in [0.15, 0.2) is 0 Å². The van der Waals surface area contributed by atoms with Crippen LogP contribution in [0.25, 0.3) is 0 Å². The van der Waals surface area contributed by atoms with Gasteiger partial charge in [-0.05, 0) is 44.6 Å². The second-order valence-electron chi connectivity index (χ2n) is 6.69. The molecule has 1 saturated heterocycles. The fraction of sp³-hybridized carbons (Fsp3) is 0.800. The van der Waals surface area contributed by atoms with E-state index in [9.17, 15) is 9.90 Å². The molecule has 1 aliphatic carbocycles.